The monoisotopic (exact) mass is 527 g/mol. The van der Waals surface area contributed by atoms with Crippen LogP contribution in [0.4, 0.5) is 11.4 Å². The minimum Gasteiger partial charge on any atom is -0.495 e. The van der Waals surface area contributed by atoms with E-state index in [9.17, 15) is 9.59 Å². The van der Waals surface area contributed by atoms with Gasteiger partial charge in [0.25, 0.3) is 0 Å². The van der Waals surface area contributed by atoms with Gasteiger partial charge in [-0.2, -0.15) is 0 Å². The van der Waals surface area contributed by atoms with Crippen LogP contribution in [0.3, 0.4) is 0 Å². The van der Waals surface area contributed by atoms with Gasteiger partial charge in [-0.3, -0.25) is 14.5 Å². The minimum atomic E-state index is -0.634. The number of ether oxygens (including phenoxy) is 1. The summed E-state index contributed by atoms with van der Waals surface area (Å²) in [5.74, 6) is 0.104. The van der Waals surface area contributed by atoms with Crippen molar-refractivity contribution in [3.8, 4) is 5.75 Å². The second kappa shape index (κ2) is 11.6. The molecule has 35 heavy (non-hydrogen) atoms. The normalized spacial score (nSPS) is 16.9. The first kappa shape index (κ1) is 25.1. The summed E-state index contributed by atoms with van der Waals surface area (Å²) < 4.78 is 5.32. The van der Waals surface area contributed by atoms with Gasteiger partial charge in [-0.15, -0.1) is 0 Å². The van der Waals surface area contributed by atoms with Crippen LogP contribution < -0.4 is 10.1 Å². The Hall–Kier alpha value is -3.00. The molecule has 0 bridgehead atoms. The van der Waals surface area contributed by atoms with E-state index in [-0.39, 0.29) is 18.2 Å². The number of carbonyl (C=O) groups is 2. The molecule has 1 N–H and O–H groups in total. The lowest BCUT2D eigenvalue weighted by molar-refractivity contribution is -0.129. The van der Waals surface area contributed by atoms with E-state index in [4.69, 9.17) is 32.9 Å². The van der Waals surface area contributed by atoms with Crippen molar-refractivity contribution in [1.82, 2.24) is 4.90 Å². The molecule has 3 aromatic carbocycles. The van der Waals surface area contributed by atoms with Gasteiger partial charge in [-0.1, -0.05) is 59.2 Å². The number of amidine groups is 1. The molecule has 0 radical (unpaired) electrons. The molecular formula is C26H23Cl2N3O3S. The Morgan fingerprint density at radius 1 is 1.06 bits per heavy atom. The van der Waals surface area contributed by atoms with Gasteiger partial charge >= 0.3 is 0 Å². The van der Waals surface area contributed by atoms with E-state index in [1.165, 1.54) is 11.8 Å². The number of methoxy groups -OCH3 is 1. The molecule has 1 heterocycles. The molecule has 180 valence electrons. The van der Waals surface area contributed by atoms with Crippen LogP contribution in [0, 0.1) is 0 Å². The van der Waals surface area contributed by atoms with Gasteiger partial charge in [0.2, 0.25) is 11.8 Å². The van der Waals surface area contributed by atoms with Gasteiger partial charge in [-0.25, -0.2) is 4.99 Å². The molecular weight excluding hydrogens is 505 g/mol. The number of anilines is 1. The first-order valence-corrected chi connectivity index (χ1v) is 12.6. The molecule has 0 spiro atoms. The Labute approximate surface area is 218 Å². The summed E-state index contributed by atoms with van der Waals surface area (Å²) in [5.41, 5.74) is 2.25. The number of para-hydroxylation sites is 2. The molecule has 1 atom stereocenters. The quantitative estimate of drug-likeness (QED) is 0.396. The number of halogens is 2. The predicted octanol–water partition coefficient (Wildman–Crippen LogP) is 6.21. The number of aliphatic imine (C=N–C) groups is 1. The van der Waals surface area contributed by atoms with Crippen LogP contribution in [0.5, 0.6) is 5.75 Å². The maximum atomic E-state index is 13.2. The summed E-state index contributed by atoms with van der Waals surface area (Å²) in [6.45, 7) is 0.431. The number of nitrogens with zero attached hydrogens (tertiary/aromatic N) is 2. The van der Waals surface area contributed by atoms with Gasteiger partial charge in [0.1, 0.15) is 11.0 Å². The summed E-state index contributed by atoms with van der Waals surface area (Å²) in [4.78, 5) is 32.6. The zero-order valence-electron chi connectivity index (χ0n) is 18.9. The average molecular weight is 528 g/mol. The Morgan fingerprint density at radius 2 is 1.71 bits per heavy atom. The van der Waals surface area contributed by atoms with E-state index < -0.39 is 5.25 Å². The van der Waals surface area contributed by atoms with Crippen molar-refractivity contribution in [3.05, 3.63) is 88.4 Å². The lowest BCUT2D eigenvalue weighted by atomic mass is 10.1. The Morgan fingerprint density at radius 3 is 2.40 bits per heavy atom. The summed E-state index contributed by atoms with van der Waals surface area (Å²) in [6.07, 6.45) is 0.688. The maximum absolute atomic E-state index is 13.2. The molecule has 6 nitrogen and oxygen atoms in total. The number of hydrogen-bond donors (Lipinski definition) is 1. The average Bonchev–Trinajstić information content (AvgIpc) is 2.86. The second-order valence-corrected chi connectivity index (χ2v) is 9.84. The molecule has 0 aromatic heterocycles. The Bertz CT molecular complexity index is 1230. The molecule has 0 saturated carbocycles. The largest absolute Gasteiger partial charge is 0.495 e. The highest BCUT2D eigenvalue weighted by Gasteiger charge is 2.36. The fourth-order valence-electron chi connectivity index (χ4n) is 3.54. The number of nitrogens with one attached hydrogen (secondary N) is 1. The maximum Gasteiger partial charge on any atom is 0.238 e. The Balaban J connectivity index is 1.55. The number of carbonyl (C=O) groups excluding carboxylic acids is 2. The minimum absolute atomic E-state index is 0.0614. The molecule has 1 aliphatic heterocycles. The molecule has 0 aliphatic carbocycles. The number of thioether (sulfide) groups is 1. The number of benzene rings is 3. The molecule has 3 aromatic rings. The smallest absolute Gasteiger partial charge is 0.238 e. The van der Waals surface area contributed by atoms with Crippen LogP contribution in [0.25, 0.3) is 0 Å². The first-order valence-electron chi connectivity index (χ1n) is 10.9. The van der Waals surface area contributed by atoms with Crippen molar-refractivity contribution in [2.24, 2.45) is 4.99 Å². The van der Waals surface area contributed by atoms with Crippen LogP contribution in [0.2, 0.25) is 10.0 Å². The van der Waals surface area contributed by atoms with Gasteiger partial charge in [0.15, 0.2) is 5.17 Å². The number of hydrogen-bond acceptors (Lipinski definition) is 5. The highest BCUT2D eigenvalue weighted by atomic mass is 35.5. The molecule has 2 amide bonds. The summed E-state index contributed by atoms with van der Waals surface area (Å²) in [6, 6.07) is 21.7. The van der Waals surface area contributed by atoms with Crippen molar-refractivity contribution >= 4 is 63.3 Å². The lowest BCUT2D eigenvalue weighted by Gasteiger charge is -2.32. The molecule has 1 fully saturated rings. The van der Waals surface area contributed by atoms with Crippen molar-refractivity contribution < 1.29 is 14.3 Å². The van der Waals surface area contributed by atoms with E-state index in [0.717, 1.165) is 5.56 Å². The fraction of sp³-hybridized carbons (Fsp3) is 0.192. The van der Waals surface area contributed by atoms with Gasteiger partial charge < -0.3 is 10.1 Å². The van der Waals surface area contributed by atoms with Crippen molar-refractivity contribution in [1.29, 1.82) is 0 Å². The summed E-state index contributed by atoms with van der Waals surface area (Å²) in [5, 5.41) is 3.97. The summed E-state index contributed by atoms with van der Waals surface area (Å²) >= 11 is 13.3. The van der Waals surface area contributed by atoms with Crippen LogP contribution in [0.15, 0.2) is 77.8 Å². The first-order chi connectivity index (χ1) is 16.9. The van der Waals surface area contributed by atoms with E-state index in [1.807, 2.05) is 36.4 Å². The van der Waals surface area contributed by atoms with Crippen LogP contribution in [-0.2, 0) is 16.0 Å². The van der Waals surface area contributed by atoms with E-state index in [1.54, 1.807) is 48.4 Å². The van der Waals surface area contributed by atoms with Crippen molar-refractivity contribution in [2.45, 2.75) is 18.1 Å². The SMILES string of the molecule is COc1ccccc1NC(=O)C1CC(=O)N(CCc2ccc(Cl)cc2)C(=Nc2ccc(Cl)cc2)S1. The molecule has 1 unspecified atom stereocenters. The topological polar surface area (TPSA) is 71.0 Å². The van der Waals surface area contributed by atoms with Gasteiger partial charge in [0.05, 0.1) is 18.5 Å². The van der Waals surface area contributed by atoms with E-state index in [0.29, 0.717) is 45.3 Å². The zero-order valence-corrected chi connectivity index (χ0v) is 21.2. The molecule has 1 saturated heterocycles. The second-order valence-electron chi connectivity index (χ2n) is 7.79. The third-order valence-corrected chi connectivity index (χ3v) is 7.08. The fourth-order valence-corrected chi connectivity index (χ4v) is 4.92. The lowest BCUT2D eigenvalue weighted by Crippen LogP contribution is -2.46. The molecule has 4 rings (SSSR count). The molecule has 9 heteroatoms. The Kier molecular flexibility index (Phi) is 8.33. The van der Waals surface area contributed by atoms with Crippen LogP contribution in [-0.4, -0.2) is 40.8 Å². The number of rotatable bonds is 7. The van der Waals surface area contributed by atoms with Crippen molar-refractivity contribution in [2.75, 3.05) is 19.0 Å². The van der Waals surface area contributed by atoms with E-state index >= 15 is 0 Å². The third-order valence-electron chi connectivity index (χ3n) is 5.39. The standard InChI is InChI=1S/C26H23Cl2N3O3S/c1-34-22-5-3-2-4-21(22)30-25(33)23-16-24(32)31(15-14-17-6-8-18(27)9-7-17)26(35-23)29-20-12-10-19(28)11-13-20/h2-13,23H,14-16H2,1H3,(H,30,33). The predicted molar refractivity (Wildman–Crippen MR) is 143 cm³/mol. The van der Waals surface area contributed by atoms with Crippen LogP contribution in [0.1, 0.15) is 12.0 Å². The van der Waals surface area contributed by atoms with E-state index in [2.05, 4.69) is 5.32 Å². The van der Waals surface area contributed by atoms with Gasteiger partial charge in [-0.05, 0) is 60.5 Å². The third kappa shape index (κ3) is 6.57. The molecule has 1 aliphatic rings. The highest BCUT2D eigenvalue weighted by molar-refractivity contribution is 8.15. The van der Waals surface area contributed by atoms with Gasteiger partial charge in [0, 0.05) is 23.0 Å². The highest BCUT2D eigenvalue weighted by Crippen LogP contribution is 2.32. The van der Waals surface area contributed by atoms with Crippen molar-refractivity contribution in [3.63, 3.8) is 0 Å². The zero-order chi connectivity index (χ0) is 24.8. The summed E-state index contributed by atoms with van der Waals surface area (Å²) in [7, 11) is 1.54. The van der Waals surface area contributed by atoms with Crippen LogP contribution >= 0.6 is 35.0 Å². The number of amides is 2.